The van der Waals surface area contributed by atoms with Gasteiger partial charge in [0.2, 0.25) is 0 Å². The van der Waals surface area contributed by atoms with E-state index in [0.29, 0.717) is 19.4 Å². The van der Waals surface area contributed by atoms with Gasteiger partial charge >= 0.3 is 5.97 Å². The Balaban J connectivity index is 2.59. The Morgan fingerprint density at radius 3 is 3.07 bits per heavy atom. The first kappa shape index (κ1) is 11.6. The predicted octanol–water partition coefficient (Wildman–Crippen LogP) is 2.89. The third kappa shape index (κ3) is 3.62. The predicted molar refractivity (Wildman–Crippen MR) is 57.5 cm³/mol. The SMILES string of the molecule is C=CCC(CC(=O)OCC)c1ccco1. The molecule has 0 radical (unpaired) electrons. The highest BCUT2D eigenvalue weighted by Gasteiger charge is 2.17. The van der Waals surface area contributed by atoms with Crippen LogP contribution in [0, 0.1) is 0 Å². The summed E-state index contributed by atoms with van der Waals surface area (Å²) >= 11 is 0. The zero-order valence-electron chi connectivity index (χ0n) is 8.94. The van der Waals surface area contributed by atoms with Crippen LogP contribution in [-0.2, 0) is 9.53 Å². The molecule has 0 amide bonds. The molecule has 82 valence electrons. The number of carbonyl (C=O) groups excluding carboxylic acids is 1. The van der Waals surface area contributed by atoms with Gasteiger partial charge in [0, 0.05) is 5.92 Å². The van der Waals surface area contributed by atoms with Gasteiger partial charge in [0.1, 0.15) is 5.76 Å². The van der Waals surface area contributed by atoms with Gasteiger partial charge in [-0.05, 0) is 25.5 Å². The molecular formula is C12H16O3. The molecule has 0 saturated heterocycles. The molecule has 0 saturated carbocycles. The van der Waals surface area contributed by atoms with Crippen molar-refractivity contribution in [1.82, 2.24) is 0 Å². The lowest BCUT2D eigenvalue weighted by atomic mass is 9.99. The van der Waals surface area contributed by atoms with Crippen LogP contribution in [0.4, 0.5) is 0 Å². The van der Waals surface area contributed by atoms with E-state index in [-0.39, 0.29) is 11.9 Å². The molecule has 15 heavy (non-hydrogen) atoms. The van der Waals surface area contributed by atoms with E-state index in [1.165, 1.54) is 0 Å². The van der Waals surface area contributed by atoms with Crippen LogP contribution >= 0.6 is 0 Å². The fourth-order valence-corrected chi connectivity index (χ4v) is 1.45. The second-order valence-corrected chi connectivity index (χ2v) is 3.25. The van der Waals surface area contributed by atoms with E-state index in [1.807, 2.05) is 12.1 Å². The summed E-state index contributed by atoms with van der Waals surface area (Å²) in [6.45, 7) is 5.88. The number of esters is 1. The van der Waals surface area contributed by atoms with Crippen LogP contribution in [-0.4, -0.2) is 12.6 Å². The van der Waals surface area contributed by atoms with Gasteiger partial charge in [-0.1, -0.05) is 6.08 Å². The smallest absolute Gasteiger partial charge is 0.306 e. The van der Waals surface area contributed by atoms with Gasteiger partial charge in [-0.3, -0.25) is 4.79 Å². The van der Waals surface area contributed by atoms with Crippen LogP contribution < -0.4 is 0 Å². The van der Waals surface area contributed by atoms with Crippen molar-refractivity contribution in [2.75, 3.05) is 6.61 Å². The third-order valence-electron chi connectivity index (χ3n) is 2.12. The minimum atomic E-state index is -0.194. The highest BCUT2D eigenvalue weighted by atomic mass is 16.5. The Kier molecular flexibility index (Phi) is 4.68. The maximum Gasteiger partial charge on any atom is 0.306 e. The molecule has 1 heterocycles. The van der Waals surface area contributed by atoms with Gasteiger partial charge in [0.05, 0.1) is 19.3 Å². The maximum absolute atomic E-state index is 11.3. The highest BCUT2D eigenvalue weighted by Crippen LogP contribution is 2.24. The molecule has 0 spiro atoms. The molecule has 3 heteroatoms. The first-order valence-electron chi connectivity index (χ1n) is 5.07. The molecule has 0 fully saturated rings. The number of ether oxygens (including phenoxy) is 1. The molecule has 3 nitrogen and oxygen atoms in total. The summed E-state index contributed by atoms with van der Waals surface area (Å²) in [5.74, 6) is 0.653. The first-order valence-corrected chi connectivity index (χ1v) is 5.07. The molecule has 0 aliphatic carbocycles. The quantitative estimate of drug-likeness (QED) is 0.533. The van der Waals surface area contributed by atoms with Crippen molar-refractivity contribution in [3.05, 3.63) is 36.8 Å². The molecule has 0 aliphatic heterocycles. The van der Waals surface area contributed by atoms with Crippen LogP contribution in [0.5, 0.6) is 0 Å². The normalized spacial score (nSPS) is 12.1. The second-order valence-electron chi connectivity index (χ2n) is 3.25. The lowest BCUT2D eigenvalue weighted by Gasteiger charge is -2.11. The molecule has 1 aromatic rings. The van der Waals surface area contributed by atoms with Gasteiger partial charge in [0.15, 0.2) is 0 Å². The van der Waals surface area contributed by atoms with Crippen molar-refractivity contribution in [1.29, 1.82) is 0 Å². The molecular weight excluding hydrogens is 192 g/mol. The average Bonchev–Trinajstić information content (AvgIpc) is 2.70. The molecule has 0 bridgehead atoms. The number of rotatable bonds is 6. The third-order valence-corrected chi connectivity index (χ3v) is 2.12. The summed E-state index contributed by atoms with van der Waals surface area (Å²) in [5.41, 5.74) is 0. The van der Waals surface area contributed by atoms with E-state index in [9.17, 15) is 4.79 Å². The molecule has 0 aliphatic rings. The number of hydrogen-bond acceptors (Lipinski definition) is 3. The Bertz CT molecular complexity index is 301. The minimum absolute atomic E-state index is 0.0385. The van der Waals surface area contributed by atoms with Crippen molar-refractivity contribution < 1.29 is 13.9 Å². The fourth-order valence-electron chi connectivity index (χ4n) is 1.45. The van der Waals surface area contributed by atoms with Crippen LogP contribution in [0.2, 0.25) is 0 Å². The second kappa shape index (κ2) is 6.06. The molecule has 1 atom stereocenters. The van der Waals surface area contributed by atoms with Gasteiger partial charge in [-0.25, -0.2) is 0 Å². The maximum atomic E-state index is 11.3. The summed E-state index contributed by atoms with van der Waals surface area (Å²) < 4.78 is 10.2. The zero-order valence-corrected chi connectivity index (χ0v) is 8.94. The van der Waals surface area contributed by atoms with E-state index < -0.39 is 0 Å². The summed E-state index contributed by atoms with van der Waals surface area (Å²) in [4.78, 5) is 11.3. The van der Waals surface area contributed by atoms with Crippen LogP contribution in [0.1, 0.15) is 31.4 Å². The zero-order chi connectivity index (χ0) is 11.1. The van der Waals surface area contributed by atoms with E-state index in [1.54, 1.807) is 19.3 Å². The van der Waals surface area contributed by atoms with Gasteiger partial charge in [-0.15, -0.1) is 6.58 Å². The topological polar surface area (TPSA) is 39.4 Å². The van der Waals surface area contributed by atoms with Crippen molar-refractivity contribution in [3.8, 4) is 0 Å². The van der Waals surface area contributed by atoms with Crippen molar-refractivity contribution in [2.45, 2.75) is 25.7 Å². The van der Waals surface area contributed by atoms with Gasteiger partial charge < -0.3 is 9.15 Å². The molecule has 0 N–H and O–H groups in total. The minimum Gasteiger partial charge on any atom is -0.469 e. The van der Waals surface area contributed by atoms with Gasteiger partial charge in [-0.2, -0.15) is 0 Å². The van der Waals surface area contributed by atoms with E-state index in [0.717, 1.165) is 5.76 Å². The average molecular weight is 208 g/mol. The molecule has 0 aromatic carbocycles. The fraction of sp³-hybridized carbons (Fsp3) is 0.417. The van der Waals surface area contributed by atoms with E-state index in [2.05, 4.69) is 6.58 Å². The van der Waals surface area contributed by atoms with Gasteiger partial charge in [0.25, 0.3) is 0 Å². The van der Waals surface area contributed by atoms with Crippen molar-refractivity contribution >= 4 is 5.97 Å². The summed E-state index contributed by atoms with van der Waals surface area (Å²) in [6, 6.07) is 3.68. The number of carbonyl (C=O) groups is 1. The lowest BCUT2D eigenvalue weighted by molar-refractivity contribution is -0.143. The summed E-state index contributed by atoms with van der Waals surface area (Å²) in [6.07, 6.45) is 4.45. The Morgan fingerprint density at radius 2 is 2.53 bits per heavy atom. The molecule has 1 unspecified atom stereocenters. The molecule has 1 rings (SSSR count). The number of furan rings is 1. The Hall–Kier alpha value is -1.51. The highest BCUT2D eigenvalue weighted by molar-refractivity contribution is 5.70. The first-order chi connectivity index (χ1) is 7.27. The Labute approximate surface area is 89.7 Å². The van der Waals surface area contributed by atoms with E-state index >= 15 is 0 Å². The lowest BCUT2D eigenvalue weighted by Crippen LogP contribution is -2.09. The Morgan fingerprint density at radius 1 is 1.73 bits per heavy atom. The summed E-state index contributed by atoms with van der Waals surface area (Å²) in [7, 11) is 0. The molecule has 1 aromatic heterocycles. The van der Waals surface area contributed by atoms with Crippen molar-refractivity contribution in [3.63, 3.8) is 0 Å². The number of hydrogen-bond donors (Lipinski definition) is 0. The summed E-state index contributed by atoms with van der Waals surface area (Å²) in [5, 5.41) is 0. The monoisotopic (exact) mass is 208 g/mol. The largest absolute Gasteiger partial charge is 0.469 e. The van der Waals surface area contributed by atoms with Crippen LogP contribution in [0.15, 0.2) is 35.5 Å². The van der Waals surface area contributed by atoms with E-state index in [4.69, 9.17) is 9.15 Å². The van der Waals surface area contributed by atoms with Crippen LogP contribution in [0.25, 0.3) is 0 Å². The van der Waals surface area contributed by atoms with Crippen molar-refractivity contribution in [2.24, 2.45) is 0 Å². The standard InChI is InChI=1S/C12H16O3/c1-3-6-10(9-12(13)14-4-2)11-7-5-8-15-11/h3,5,7-8,10H,1,4,6,9H2,2H3. The number of allylic oxidation sites excluding steroid dienone is 1. The van der Waals surface area contributed by atoms with Crippen LogP contribution in [0.3, 0.4) is 0 Å².